The van der Waals surface area contributed by atoms with Gasteiger partial charge in [-0.3, -0.25) is 4.90 Å². The lowest BCUT2D eigenvalue weighted by atomic mass is 10.2. The molecular formula is C11H4Br3N5. The summed E-state index contributed by atoms with van der Waals surface area (Å²) >= 11 is 10.2. The molecule has 0 atom stereocenters. The number of hydrogen-bond donors (Lipinski definition) is 0. The lowest BCUT2D eigenvalue weighted by Gasteiger charge is -2.33. The van der Waals surface area contributed by atoms with Gasteiger partial charge in [0.2, 0.25) is 0 Å². The van der Waals surface area contributed by atoms with E-state index in [0.29, 0.717) is 28.9 Å². The quantitative estimate of drug-likeness (QED) is 0.582. The van der Waals surface area contributed by atoms with Crippen molar-refractivity contribution in [2.75, 3.05) is 0 Å². The summed E-state index contributed by atoms with van der Waals surface area (Å²) in [5.74, 6) is 2.47. The van der Waals surface area contributed by atoms with E-state index in [4.69, 9.17) is 0 Å². The highest BCUT2D eigenvalue weighted by Crippen LogP contribution is 2.34. The number of nitriles is 1. The fraction of sp³-hybridized carbons (Fsp3) is 0.0909. The highest BCUT2D eigenvalue weighted by Gasteiger charge is 2.33. The van der Waals surface area contributed by atoms with Crippen molar-refractivity contribution in [1.82, 2.24) is 4.90 Å². The summed E-state index contributed by atoms with van der Waals surface area (Å²) in [5, 5.41) is 9.18. The first-order valence-electron chi connectivity index (χ1n) is 5.13. The maximum atomic E-state index is 9.18. The molecule has 0 bridgehead atoms. The van der Waals surface area contributed by atoms with Gasteiger partial charge in [-0.15, -0.1) is 0 Å². The number of allylic oxidation sites excluding steroid dienone is 3. The first-order valence-corrected chi connectivity index (χ1v) is 7.76. The molecule has 0 spiro atoms. The Hall–Kier alpha value is -1.04. The molecule has 19 heavy (non-hydrogen) atoms. The normalized spacial score (nSPS) is 20.5. The first kappa shape index (κ1) is 13.0. The number of rotatable bonds is 1. The van der Waals surface area contributed by atoms with Gasteiger partial charge in [0, 0.05) is 0 Å². The lowest BCUT2D eigenvalue weighted by molar-refractivity contribution is 0.596. The summed E-state index contributed by atoms with van der Waals surface area (Å²) < 4.78 is 0.650. The van der Waals surface area contributed by atoms with E-state index < -0.39 is 0 Å². The second-order valence-corrected chi connectivity index (χ2v) is 7.60. The molecule has 0 unspecified atom stereocenters. The monoisotopic (exact) mass is 443 g/mol. The van der Waals surface area contributed by atoms with Gasteiger partial charge in [0.15, 0.2) is 17.5 Å². The Morgan fingerprint density at radius 3 is 2.68 bits per heavy atom. The van der Waals surface area contributed by atoms with E-state index >= 15 is 0 Å². The molecule has 0 fully saturated rings. The molecule has 0 aromatic carbocycles. The molecule has 0 saturated carbocycles. The molecule has 3 heterocycles. The Morgan fingerprint density at radius 2 is 2.00 bits per heavy atom. The SMILES string of the molecule is N#CC1=C2N=C(C(Br)Br)N=C3C=CC(Br)=C(N=C1)N32. The number of hydrogen-bond acceptors (Lipinski definition) is 5. The minimum absolute atomic E-state index is 0.174. The number of alkyl halides is 2. The van der Waals surface area contributed by atoms with Gasteiger partial charge in [-0.05, 0) is 28.1 Å². The lowest BCUT2D eigenvalue weighted by Crippen LogP contribution is -2.37. The largest absolute Gasteiger partial charge is 0.260 e. The zero-order valence-electron chi connectivity index (χ0n) is 9.18. The molecule has 3 rings (SSSR count). The van der Waals surface area contributed by atoms with Gasteiger partial charge in [0.25, 0.3) is 0 Å². The van der Waals surface area contributed by atoms with Crippen LogP contribution in [0.4, 0.5) is 0 Å². The number of halogens is 3. The minimum Gasteiger partial charge on any atom is -0.260 e. The summed E-state index contributed by atoms with van der Waals surface area (Å²) in [6.45, 7) is 0. The maximum Gasteiger partial charge on any atom is 0.161 e. The molecule has 3 aliphatic rings. The molecule has 0 radical (unpaired) electrons. The van der Waals surface area contributed by atoms with Crippen LogP contribution in [0.25, 0.3) is 0 Å². The molecule has 0 aromatic heterocycles. The van der Waals surface area contributed by atoms with Crippen LogP contribution in [0.1, 0.15) is 0 Å². The molecule has 0 amide bonds. The average Bonchev–Trinajstić information content (AvgIpc) is 2.42. The Morgan fingerprint density at radius 1 is 1.21 bits per heavy atom. The van der Waals surface area contributed by atoms with E-state index in [1.54, 1.807) is 4.90 Å². The van der Waals surface area contributed by atoms with Crippen molar-refractivity contribution in [3.8, 4) is 6.07 Å². The van der Waals surface area contributed by atoms with Crippen LogP contribution in [0.3, 0.4) is 0 Å². The van der Waals surface area contributed by atoms with Crippen molar-refractivity contribution in [3.05, 3.63) is 33.8 Å². The summed E-state index contributed by atoms with van der Waals surface area (Å²) in [4.78, 5) is 14.9. The zero-order valence-corrected chi connectivity index (χ0v) is 13.9. The van der Waals surface area contributed by atoms with E-state index in [2.05, 4.69) is 68.8 Å². The third-order valence-corrected chi connectivity index (χ3v) is 4.01. The van der Waals surface area contributed by atoms with Gasteiger partial charge in [-0.2, -0.15) is 5.26 Å². The summed E-state index contributed by atoms with van der Waals surface area (Å²) in [6.07, 6.45) is 5.24. The Balaban J connectivity index is 2.25. The summed E-state index contributed by atoms with van der Waals surface area (Å²) in [7, 11) is 0. The molecule has 94 valence electrons. The standard InChI is InChI=1S/C11H4Br3N5/c12-6-1-2-7-17-9(8(13)14)18-10-5(3-15)4-16-11(6)19(7)10/h1-2,4,8H. The van der Waals surface area contributed by atoms with Crippen LogP contribution in [-0.2, 0) is 0 Å². The molecule has 0 aliphatic carbocycles. The number of amidine groups is 2. The second kappa shape index (κ2) is 4.81. The van der Waals surface area contributed by atoms with Crippen molar-refractivity contribution in [2.24, 2.45) is 15.0 Å². The van der Waals surface area contributed by atoms with Crippen LogP contribution in [-0.4, -0.2) is 26.5 Å². The highest BCUT2D eigenvalue weighted by molar-refractivity contribution is 9.25. The van der Waals surface area contributed by atoms with Crippen LogP contribution in [0, 0.1) is 11.3 Å². The molecular weight excluding hydrogens is 442 g/mol. The number of nitrogens with zero attached hydrogens (tertiary/aromatic N) is 5. The van der Waals surface area contributed by atoms with E-state index in [0.717, 1.165) is 4.48 Å². The summed E-state index contributed by atoms with van der Waals surface area (Å²) in [6, 6.07) is 2.10. The minimum atomic E-state index is -0.174. The van der Waals surface area contributed by atoms with Crippen LogP contribution in [0.15, 0.2) is 48.8 Å². The van der Waals surface area contributed by atoms with Crippen LogP contribution < -0.4 is 0 Å². The Bertz CT molecular complexity index is 688. The molecule has 5 nitrogen and oxygen atoms in total. The van der Waals surface area contributed by atoms with Gasteiger partial charge in [0.1, 0.15) is 21.2 Å². The van der Waals surface area contributed by atoms with E-state index in [1.165, 1.54) is 6.21 Å². The van der Waals surface area contributed by atoms with Crippen LogP contribution in [0.5, 0.6) is 0 Å². The van der Waals surface area contributed by atoms with Crippen molar-refractivity contribution in [3.63, 3.8) is 0 Å². The van der Waals surface area contributed by atoms with Crippen molar-refractivity contribution in [2.45, 2.75) is 3.74 Å². The summed E-state index contributed by atoms with van der Waals surface area (Å²) in [5.41, 5.74) is 0.407. The molecule has 8 heteroatoms. The fourth-order valence-electron chi connectivity index (χ4n) is 1.77. The van der Waals surface area contributed by atoms with E-state index in [-0.39, 0.29) is 3.74 Å². The topological polar surface area (TPSA) is 64.1 Å². The fourth-order valence-corrected chi connectivity index (χ4v) is 2.59. The zero-order chi connectivity index (χ0) is 13.6. The van der Waals surface area contributed by atoms with Crippen molar-refractivity contribution in [1.29, 1.82) is 5.26 Å². The predicted octanol–water partition coefficient (Wildman–Crippen LogP) is 3.17. The molecule has 0 N–H and O–H groups in total. The van der Waals surface area contributed by atoms with Crippen molar-refractivity contribution >= 4 is 65.7 Å². The van der Waals surface area contributed by atoms with E-state index in [9.17, 15) is 5.26 Å². The second-order valence-electron chi connectivity index (χ2n) is 3.69. The molecule has 0 aromatic rings. The van der Waals surface area contributed by atoms with Gasteiger partial charge < -0.3 is 0 Å². The van der Waals surface area contributed by atoms with Crippen LogP contribution >= 0.6 is 47.8 Å². The highest BCUT2D eigenvalue weighted by atomic mass is 79.9. The predicted molar refractivity (Wildman–Crippen MR) is 84.6 cm³/mol. The first-order chi connectivity index (χ1) is 9.11. The Labute approximate surface area is 134 Å². The Kier molecular flexibility index (Phi) is 3.28. The third kappa shape index (κ3) is 2.06. The van der Waals surface area contributed by atoms with Gasteiger partial charge in [0.05, 0.1) is 10.7 Å². The van der Waals surface area contributed by atoms with Crippen LogP contribution in [0.2, 0.25) is 0 Å². The molecule has 3 aliphatic heterocycles. The average molecular weight is 446 g/mol. The van der Waals surface area contributed by atoms with Crippen molar-refractivity contribution < 1.29 is 0 Å². The third-order valence-electron chi connectivity index (χ3n) is 2.57. The van der Waals surface area contributed by atoms with E-state index in [1.807, 2.05) is 12.2 Å². The van der Waals surface area contributed by atoms with Gasteiger partial charge >= 0.3 is 0 Å². The smallest absolute Gasteiger partial charge is 0.161 e. The molecule has 0 saturated heterocycles. The van der Waals surface area contributed by atoms with Gasteiger partial charge in [-0.25, -0.2) is 15.0 Å². The van der Waals surface area contributed by atoms with Gasteiger partial charge in [-0.1, -0.05) is 31.9 Å². The maximum absolute atomic E-state index is 9.18. The number of aliphatic imine (C=N–C) groups is 3.